The van der Waals surface area contributed by atoms with Gasteiger partial charge >= 0.3 is 0 Å². The third kappa shape index (κ3) is 5.25. The highest BCUT2D eigenvalue weighted by Crippen LogP contribution is 2.28. The van der Waals surface area contributed by atoms with Gasteiger partial charge < -0.3 is 0 Å². The van der Waals surface area contributed by atoms with Crippen LogP contribution in [0.4, 0.5) is 0 Å². The second-order valence-electron chi connectivity index (χ2n) is 6.60. The second-order valence-corrected chi connectivity index (χ2v) is 9.22. The first kappa shape index (κ1) is 21.5. The number of aryl methyl sites for hydroxylation is 1. The molecule has 0 fully saturated rings. The van der Waals surface area contributed by atoms with Gasteiger partial charge in [-0.1, -0.05) is 71.8 Å². The summed E-state index contributed by atoms with van der Waals surface area (Å²) in [6.07, 6.45) is 0. The molecule has 0 saturated carbocycles. The molecule has 0 unspecified atom stereocenters. The summed E-state index contributed by atoms with van der Waals surface area (Å²) in [4.78, 5) is 13.0. The van der Waals surface area contributed by atoms with E-state index in [1.54, 1.807) is 66.7 Å². The highest BCUT2D eigenvalue weighted by Gasteiger charge is 2.32. The van der Waals surface area contributed by atoms with Crippen molar-refractivity contribution in [1.29, 1.82) is 0 Å². The van der Waals surface area contributed by atoms with Gasteiger partial charge in [0.15, 0.2) is 5.78 Å². The van der Waals surface area contributed by atoms with Gasteiger partial charge in [-0.05, 0) is 36.8 Å². The maximum atomic E-state index is 13.0. The van der Waals surface area contributed by atoms with E-state index in [2.05, 4.69) is 4.72 Å². The van der Waals surface area contributed by atoms with Crippen LogP contribution < -0.4 is 4.72 Å². The molecule has 2 atom stereocenters. The van der Waals surface area contributed by atoms with Crippen molar-refractivity contribution in [3.05, 3.63) is 101 Å². The standard InChI is InChI=1S/C22H19Cl2NO3S/c1-15-7-13-19(14-8-15)29(27,28)25-21(16-9-11-18(23)12-10-16)20(24)22(26)17-5-3-2-4-6-17/h2-14,20-21,25H,1H3/t20-,21-/m1/s1. The van der Waals surface area contributed by atoms with Crippen molar-refractivity contribution in [3.63, 3.8) is 0 Å². The minimum atomic E-state index is -3.91. The Morgan fingerprint density at radius 1 is 0.897 bits per heavy atom. The smallest absolute Gasteiger partial charge is 0.241 e. The molecule has 0 aliphatic rings. The average Bonchev–Trinajstić information content (AvgIpc) is 2.73. The summed E-state index contributed by atoms with van der Waals surface area (Å²) in [5.74, 6) is -0.376. The van der Waals surface area contributed by atoms with Gasteiger partial charge in [-0.15, -0.1) is 11.6 Å². The summed E-state index contributed by atoms with van der Waals surface area (Å²) in [5, 5.41) is -0.659. The van der Waals surface area contributed by atoms with E-state index < -0.39 is 21.4 Å². The Balaban J connectivity index is 1.98. The van der Waals surface area contributed by atoms with Crippen LogP contribution in [0.15, 0.2) is 83.8 Å². The Morgan fingerprint density at radius 3 is 2.07 bits per heavy atom. The molecule has 3 aromatic rings. The van der Waals surface area contributed by atoms with Gasteiger partial charge in [0.05, 0.1) is 10.9 Å². The number of alkyl halides is 1. The molecule has 0 radical (unpaired) electrons. The average molecular weight is 448 g/mol. The van der Waals surface area contributed by atoms with Gasteiger partial charge in [0.25, 0.3) is 0 Å². The van der Waals surface area contributed by atoms with E-state index in [4.69, 9.17) is 23.2 Å². The molecule has 0 saturated heterocycles. The van der Waals surface area contributed by atoms with E-state index in [1.165, 1.54) is 12.1 Å². The van der Waals surface area contributed by atoms with Crippen molar-refractivity contribution >= 4 is 39.0 Å². The highest BCUT2D eigenvalue weighted by molar-refractivity contribution is 7.89. The van der Waals surface area contributed by atoms with Crippen molar-refractivity contribution in [3.8, 4) is 0 Å². The number of carbonyl (C=O) groups excluding carboxylic acids is 1. The molecule has 4 nitrogen and oxygen atoms in total. The molecule has 0 aromatic heterocycles. The molecule has 0 aliphatic heterocycles. The molecule has 0 amide bonds. The van der Waals surface area contributed by atoms with Crippen LogP contribution in [-0.4, -0.2) is 19.6 Å². The SMILES string of the molecule is Cc1ccc(S(=O)(=O)N[C@H](c2ccc(Cl)cc2)[C@@H](Cl)C(=O)c2ccccc2)cc1. The number of rotatable bonds is 7. The Morgan fingerprint density at radius 2 is 1.48 bits per heavy atom. The largest absolute Gasteiger partial charge is 0.292 e. The van der Waals surface area contributed by atoms with Crippen LogP contribution in [0.5, 0.6) is 0 Å². The lowest BCUT2D eigenvalue weighted by atomic mass is 9.98. The van der Waals surface area contributed by atoms with E-state index in [-0.39, 0.29) is 10.7 Å². The zero-order valence-electron chi connectivity index (χ0n) is 15.5. The van der Waals surface area contributed by atoms with Gasteiger partial charge in [0.2, 0.25) is 10.0 Å². The van der Waals surface area contributed by atoms with Gasteiger partial charge in [0.1, 0.15) is 5.38 Å². The fourth-order valence-electron chi connectivity index (χ4n) is 2.83. The van der Waals surface area contributed by atoms with Gasteiger partial charge in [-0.3, -0.25) is 4.79 Å². The summed E-state index contributed by atoms with van der Waals surface area (Å²) in [6, 6.07) is 20.5. The Kier molecular flexibility index (Phi) is 6.75. The van der Waals surface area contributed by atoms with E-state index in [9.17, 15) is 13.2 Å². The van der Waals surface area contributed by atoms with E-state index in [0.29, 0.717) is 16.1 Å². The third-order valence-corrected chi connectivity index (χ3v) is 6.60. The first-order chi connectivity index (χ1) is 13.8. The molecule has 3 rings (SSSR count). The lowest BCUT2D eigenvalue weighted by Gasteiger charge is -2.23. The Hall–Kier alpha value is -2.18. The fourth-order valence-corrected chi connectivity index (χ4v) is 4.60. The molecule has 1 N–H and O–H groups in total. The van der Waals surface area contributed by atoms with Gasteiger partial charge in [-0.2, -0.15) is 0 Å². The second kappa shape index (κ2) is 9.09. The number of carbonyl (C=O) groups is 1. The summed E-state index contributed by atoms with van der Waals surface area (Å²) >= 11 is 12.5. The van der Waals surface area contributed by atoms with Crippen LogP contribution in [0.1, 0.15) is 27.5 Å². The van der Waals surface area contributed by atoms with Crippen LogP contribution in [0.3, 0.4) is 0 Å². The monoisotopic (exact) mass is 447 g/mol. The zero-order chi connectivity index (χ0) is 21.0. The summed E-state index contributed by atoms with van der Waals surface area (Å²) in [7, 11) is -3.91. The number of hydrogen-bond acceptors (Lipinski definition) is 3. The Labute approximate surface area is 180 Å². The van der Waals surface area contributed by atoms with Crippen LogP contribution in [0.25, 0.3) is 0 Å². The van der Waals surface area contributed by atoms with Crippen LogP contribution in [0.2, 0.25) is 5.02 Å². The minimum absolute atomic E-state index is 0.0955. The molecule has 3 aromatic carbocycles. The van der Waals surface area contributed by atoms with E-state index in [1.807, 2.05) is 6.92 Å². The molecular weight excluding hydrogens is 429 g/mol. The van der Waals surface area contributed by atoms with E-state index in [0.717, 1.165) is 5.56 Å². The number of Topliss-reactive ketones (excluding diaryl/α,β-unsaturated/α-hetero) is 1. The first-order valence-electron chi connectivity index (χ1n) is 8.86. The first-order valence-corrected chi connectivity index (χ1v) is 11.2. The maximum absolute atomic E-state index is 13.0. The topological polar surface area (TPSA) is 63.2 Å². The summed E-state index contributed by atoms with van der Waals surface area (Å²) in [5.41, 5.74) is 1.88. The number of halogens is 2. The molecule has 0 spiro atoms. The molecule has 0 aliphatic carbocycles. The van der Waals surface area contributed by atoms with Crippen LogP contribution in [0, 0.1) is 6.92 Å². The van der Waals surface area contributed by atoms with Gasteiger partial charge in [-0.25, -0.2) is 13.1 Å². The molecule has 0 bridgehead atoms. The number of ketones is 1. The van der Waals surface area contributed by atoms with Crippen molar-refractivity contribution < 1.29 is 13.2 Å². The molecule has 0 heterocycles. The van der Waals surface area contributed by atoms with Crippen LogP contribution in [-0.2, 0) is 10.0 Å². The number of nitrogens with one attached hydrogen (secondary N) is 1. The minimum Gasteiger partial charge on any atom is -0.292 e. The molecule has 7 heteroatoms. The van der Waals surface area contributed by atoms with Crippen molar-refractivity contribution in [2.45, 2.75) is 23.2 Å². The van der Waals surface area contributed by atoms with Crippen molar-refractivity contribution in [1.82, 2.24) is 4.72 Å². The lowest BCUT2D eigenvalue weighted by Crippen LogP contribution is -2.37. The van der Waals surface area contributed by atoms with Crippen molar-refractivity contribution in [2.75, 3.05) is 0 Å². The third-order valence-electron chi connectivity index (χ3n) is 4.44. The fraction of sp³-hybridized carbons (Fsp3) is 0.136. The highest BCUT2D eigenvalue weighted by atomic mass is 35.5. The zero-order valence-corrected chi connectivity index (χ0v) is 17.9. The Bertz CT molecular complexity index is 1080. The van der Waals surface area contributed by atoms with E-state index >= 15 is 0 Å². The molecule has 29 heavy (non-hydrogen) atoms. The quantitative estimate of drug-likeness (QED) is 0.401. The predicted octanol–water partition coefficient (Wildman–Crippen LogP) is 5.16. The van der Waals surface area contributed by atoms with Crippen LogP contribution >= 0.6 is 23.2 Å². The molecule has 150 valence electrons. The molecular formula is C22H19Cl2NO3S. The number of hydrogen-bond donors (Lipinski definition) is 1. The predicted molar refractivity (Wildman–Crippen MR) is 116 cm³/mol. The number of sulfonamides is 1. The van der Waals surface area contributed by atoms with Gasteiger partial charge in [0, 0.05) is 10.6 Å². The lowest BCUT2D eigenvalue weighted by molar-refractivity contribution is 0.0977. The normalized spacial score (nSPS) is 13.6. The number of benzene rings is 3. The summed E-state index contributed by atoms with van der Waals surface area (Å²) in [6.45, 7) is 1.87. The summed E-state index contributed by atoms with van der Waals surface area (Å²) < 4.78 is 28.5. The van der Waals surface area contributed by atoms with Crippen molar-refractivity contribution in [2.24, 2.45) is 0 Å². The maximum Gasteiger partial charge on any atom is 0.241 e.